The molecule has 74 valence electrons. The zero-order chi connectivity index (χ0) is 10.3. The second-order valence-electron chi connectivity index (χ2n) is 3.91. The van der Waals surface area contributed by atoms with Crippen LogP contribution in [0.4, 0.5) is 0 Å². The van der Waals surface area contributed by atoms with Gasteiger partial charge in [0.1, 0.15) is 0 Å². The minimum Gasteiger partial charge on any atom is -0.332 e. The third kappa shape index (κ3) is 0.939. The van der Waals surface area contributed by atoms with E-state index in [-0.39, 0.29) is 11.4 Å². The number of carbonyl (C=O) groups is 1. The van der Waals surface area contributed by atoms with Gasteiger partial charge in [0.2, 0.25) is 0 Å². The monoisotopic (exact) mass is 189 g/mol. The quantitative estimate of drug-likeness (QED) is 0.578. The zero-order valence-corrected chi connectivity index (χ0v) is 8.71. The Hall–Kier alpha value is -1.31. The summed E-state index contributed by atoms with van der Waals surface area (Å²) in [4.78, 5) is 13.8. The Bertz CT molecular complexity index is 359. The van der Waals surface area contributed by atoms with Crippen molar-refractivity contribution in [2.45, 2.75) is 25.3 Å². The molecule has 1 amide bonds. The smallest absolute Gasteiger partial charge is 0.254 e. The van der Waals surface area contributed by atoms with Crippen LogP contribution in [0.15, 0.2) is 36.0 Å². The van der Waals surface area contributed by atoms with Gasteiger partial charge >= 0.3 is 0 Å². The van der Waals surface area contributed by atoms with Gasteiger partial charge in [-0.15, -0.1) is 0 Å². The molecule has 1 aliphatic heterocycles. The number of nitrogens with zero attached hydrogens (tertiary/aromatic N) is 1. The molecule has 1 aliphatic carbocycles. The molecule has 2 fully saturated rings. The number of carbonyl (C=O) groups excluding carboxylic acids is 1. The average Bonchev–Trinajstić information content (AvgIpc) is 2.93. The van der Waals surface area contributed by atoms with Crippen molar-refractivity contribution >= 4 is 5.91 Å². The normalized spacial score (nSPS) is 29.3. The molecule has 0 radical (unpaired) electrons. The molecule has 2 nitrogen and oxygen atoms in total. The zero-order valence-electron chi connectivity index (χ0n) is 8.71. The number of rotatable bonds is 1. The van der Waals surface area contributed by atoms with E-state index in [0.717, 1.165) is 18.4 Å². The number of likely N-dealkylation sites (tertiary alicyclic amines) is 1. The molecule has 2 heteroatoms. The number of allylic oxidation sites excluding steroid dienone is 3. The Kier molecular flexibility index (Phi) is 1.88. The van der Waals surface area contributed by atoms with Crippen LogP contribution >= 0.6 is 0 Å². The van der Waals surface area contributed by atoms with E-state index in [0.29, 0.717) is 0 Å². The van der Waals surface area contributed by atoms with Gasteiger partial charge in [-0.2, -0.15) is 0 Å². The van der Waals surface area contributed by atoms with Crippen LogP contribution < -0.4 is 0 Å². The van der Waals surface area contributed by atoms with Crippen molar-refractivity contribution < 1.29 is 4.79 Å². The standard InChI is InChI=1S/C12H15NO/c1-4-6-9-10(5-2)12(7-8-12)13(3)11(9)14/h4-6H,1,7-8H2,2-3H3/b9-6+,10-5+. The fourth-order valence-corrected chi connectivity index (χ4v) is 2.35. The molecule has 0 aromatic rings. The van der Waals surface area contributed by atoms with Crippen LogP contribution in [-0.2, 0) is 4.79 Å². The first-order valence-electron chi connectivity index (χ1n) is 4.95. The van der Waals surface area contributed by atoms with E-state index >= 15 is 0 Å². The molecule has 1 saturated carbocycles. The molecule has 2 rings (SSSR count). The first-order chi connectivity index (χ1) is 6.67. The Balaban J connectivity index is 2.51. The van der Waals surface area contributed by atoms with E-state index in [1.54, 1.807) is 6.08 Å². The van der Waals surface area contributed by atoms with Gasteiger partial charge in [0, 0.05) is 12.6 Å². The summed E-state index contributed by atoms with van der Waals surface area (Å²) in [6.45, 7) is 5.64. The minimum absolute atomic E-state index is 0.0423. The second-order valence-corrected chi connectivity index (χ2v) is 3.91. The molecule has 0 atom stereocenters. The van der Waals surface area contributed by atoms with E-state index in [9.17, 15) is 4.79 Å². The summed E-state index contributed by atoms with van der Waals surface area (Å²) in [5.74, 6) is 0.135. The molecule has 1 saturated heterocycles. The van der Waals surface area contributed by atoms with Gasteiger partial charge in [0.25, 0.3) is 5.91 Å². The lowest BCUT2D eigenvalue weighted by atomic mass is 10.0. The van der Waals surface area contributed by atoms with Gasteiger partial charge in [-0.25, -0.2) is 0 Å². The largest absolute Gasteiger partial charge is 0.332 e. The summed E-state index contributed by atoms with van der Waals surface area (Å²) in [7, 11) is 1.89. The predicted octanol–water partition coefficient (Wildman–Crippen LogP) is 2.05. The first kappa shape index (κ1) is 9.25. The van der Waals surface area contributed by atoms with E-state index < -0.39 is 0 Å². The molecular weight excluding hydrogens is 174 g/mol. The molecule has 1 heterocycles. The summed E-state index contributed by atoms with van der Waals surface area (Å²) in [6.07, 6.45) is 7.77. The highest BCUT2D eigenvalue weighted by molar-refractivity contribution is 6.04. The molecule has 0 bridgehead atoms. The van der Waals surface area contributed by atoms with Gasteiger partial charge in [0.05, 0.1) is 5.54 Å². The van der Waals surface area contributed by atoms with Crippen LogP contribution in [0.2, 0.25) is 0 Å². The van der Waals surface area contributed by atoms with Crippen LogP contribution in [-0.4, -0.2) is 23.4 Å². The molecule has 0 aromatic carbocycles. The number of hydrogen-bond donors (Lipinski definition) is 0. The fraction of sp³-hybridized carbons (Fsp3) is 0.417. The van der Waals surface area contributed by atoms with E-state index in [4.69, 9.17) is 0 Å². The summed E-state index contributed by atoms with van der Waals surface area (Å²) in [5.41, 5.74) is 2.05. The number of hydrogen-bond acceptors (Lipinski definition) is 1. The predicted molar refractivity (Wildman–Crippen MR) is 56.8 cm³/mol. The third-order valence-electron chi connectivity index (χ3n) is 3.27. The summed E-state index contributed by atoms with van der Waals surface area (Å²) in [5, 5.41) is 0. The highest BCUT2D eigenvalue weighted by Gasteiger charge is 2.57. The summed E-state index contributed by atoms with van der Waals surface area (Å²) >= 11 is 0. The first-order valence-corrected chi connectivity index (χ1v) is 4.95. The lowest BCUT2D eigenvalue weighted by Gasteiger charge is -2.18. The van der Waals surface area contributed by atoms with Gasteiger partial charge in [-0.05, 0) is 31.4 Å². The summed E-state index contributed by atoms with van der Waals surface area (Å²) < 4.78 is 0. The Morgan fingerprint density at radius 1 is 1.50 bits per heavy atom. The van der Waals surface area contributed by atoms with Crippen LogP contribution in [0.25, 0.3) is 0 Å². The maximum absolute atomic E-state index is 11.9. The van der Waals surface area contributed by atoms with Crippen molar-refractivity contribution in [1.29, 1.82) is 0 Å². The van der Waals surface area contributed by atoms with Gasteiger partial charge in [-0.3, -0.25) is 4.79 Å². The van der Waals surface area contributed by atoms with Gasteiger partial charge < -0.3 is 4.90 Å². The van der Waals surface area contributed by atoms with Crippen LogP contribution in [0.3, 0.4) is 0 Å². The SMILES string of the molecule is C=C/C=C1/C(=O)N(C)C2(CC2)/C1=C/C. The van der Waals surface area contributed by atoms with Gasteiger partial charge in [0.15, 0.2) is 0 Å². The van der Waals surface area contributed by atoms with Crippen LogP contribution in [0, 0.1) is 0 Å². The van der Waals surface area contributed by atoms with E-state index in [1.807, 2.05) is 24.9 Å². The maximum Gasteiger partial charge on any atom is 0.254 e. The average molecular weight is 189 g/mol. The molecule has 1 spiro atoms. The van der Waals surface area contributed by atoms with Crippen LogP contribution in [0.1, 0.15) is 19.8 Å². The van der Waals surface area contributed by atoms with Crippen LogP contribution in [0.5, 0.6) is 0 Å². The number of amides is 1. The van der Waals surface area contributed by atoms with Crippen molar-refractivity contribution in [2.75, 3.05) is 7.05 Å². The van der Waals surface area contributed by atoms with Crippen molar-refractivity contribution in [3.05, 3.63) is 36.0 Å². The highest BCUT2D eigenvalue weighted by atomic mass is 16.2. The molecule has 14 heavy (non-hydrogen) atoms. The van der Waals surface area contributed by atoms with Crippen molar-refractivity contribution in [3.63, 3.8) is 0 Å². The second kappa shape index (κ2) is 2.84. The lowest BCUT2D eigenvalue weighted by Crippen LogP contribution is -2.30. The molecule has 0 N–H and O–H groups in total. The Morgan fingerprint density at radius 2 is 2.14 bits per heavy atom. The Labute approximate surface area is 84.6 Å². The lowest BCUT2D eigenvalue weighted by molar-refractivity contribution is -0.125. The Morgan fingerprint density at radius 3 is 2.57 bits per heavy atom. The third-order valence-corrected chi connectivity index (χ3v) is 3.27. The fourth-order valence-electron chi connectivity index (χ4n) is 2.35. The maximum atomic E-state index is 11.9. The van der Waals surface area contributed by atoms with Crippen molar-refractivity contribution in [3.8, 4) is 0 Å². The van der Waals surface area contributed by atoms with Gasteiger partial charge in [-0.1, -0.05) is 18.7 Å². The van der Waals surface area contributed by atoms with E-state index in [2.05, 4.69) is 12.7 Å². The van der Waals surface area contributed by atoms with Crippen molar-refractivity contribution in [1.82, 2.24) is 4.90 Å². The minimum atomic E-state index is 0.0423. The van der Waals surface area contributed by atoms with E-state index in [1.165, 1.54) is 5.57 Å². The molecule has 0 aromatic heterocycles. The summed E-state index contributed by atoms with van der Waals surface area (Å²) in [6, 6.07) is 0. The van der Waals surface area contributed by atoms with Crippen molar-refractivity contribution in [2.24, 2.45) is 0 Å². The molecular formula is C12H15NO. The molecule has 0 unspecified atom stereocenters. The molecule has 2 aliphatic rings. The number of likely N-dealkylation sites (N-methyl/N-ethyl adjacent to an activating group) is 1. The highest BCUT2D eigenvalue weighted by Crippen LogP contribution is 2.54. The topological polar surface area (TPSA) is 20.3 Å².